The first kappa shape index (κ1) is 17.0. The van der Waals surface area contributed by atoms with Crippen molar-refractivity contribution < 1.29 is 19.1 Å². The first-order valence-corrected chi connectivity index (χ1v) is 7.04. The molecule has 0 radical (unpaired) electrons. The van der Waals surface area contributed by atoms with Crippen molar-refractivity contribution in [3.05, 3.63) is 41.0 Å². The van der Waals surface area contributed by atoms with Crippen LogP contribution in [0.2, 0.25) is 0 Å². The first-order chi connectivity index (χ1) is 9.93. The van der Waals surface area contributed by atoms with Crippen LogP contribution in [0, 0.1) is 6.92 Å². The number of rotatable bonds is 6. The topological polar surface area (TPSA) is 52.6 Å². The van der Waals surface area contributed by atoms with Crippen LogP contribution in [0.25, 0.3) is 6.08 Å². The van der Waals surface area contributed by atoms with Crippen LogP contribution in [0.5, 0.6) is 0 Å². The lowest BCUT2D eigenvalue weighted by Gasteiger charge is -2.20. The number of aryl methyl sites for hydroxylation is 1. The lowest BCUT2D eigenvalue weighted by atomic mass is 10.0. The number of carbonyl (C=O) groups is 2. The highest BCUT2D eigenvalue weighted by molar-refractivity contribution is 5.69. The van der Waals surface area contributed by atoms with Crippen LogP contribution in [0.1, 0.15) is 44.7 Å². The van der Waals surface area contributed by atoms with Gasteiger partial charge in [0, 0.05) is 19.4 Å². The molecule has 0 atom stereocenters. The molecule has 0 aliphatic heterocycles. The summed E-state index contributed by atoms with van der Waals surface area (Å²) in [7, 11) is 0. The highest BCUT2D eigenvalue weighted by atomic mass is 16.7. The monoisotopic (exact) mass is 290 g/mol. The lowest BCUT2D eigenvalue weighted by Crippen LogP contribution is -2.24. The fraction of sp³-hybridized carbons (Fsp3) is 0.412. The molecule has 0 N–H and O–H groups in total. The van der Waals surface area contributed by atoms with E-state index in [2.05, 4.69) is 0 Å². The van der Waals surface area contributed by atoms with Crippen molar-refractivity contribution in [2.75, 3.05) is 0 Å². The number of benzene rings is 1. The number of hydrogen-bond acceptors (Lipinski definition) is 4. The zero-order valence-electron chi connectivity index (χ0n) is 13.0. The van der Waals surface area contributed by atoms with Crippen molar-refractivity contribution in [3.63, 3.8) is 0 Å². The second-order valence-corrected chi connectivity index (χ2v) is 4.88. The summed E-state index contributed by atoms with van der Waals surface area (Å²) in [6.45, 7) is 6.62. The third-order valence-electron chi connectivity index (χ3n) is 2.92. The van der Waals surface area contributed by atoms with E-state index in [9.17, 15) is 9.59 Å². The maximum atomic E-state index is 11.2. The minimum atomic E-state index is -0.959. The summed E-state index contributed by atoms with van der Waals surface area (Å²) >= 11 is 0. The van der Waals surface area contributed by atoms with Crippen molar-refractivity contribution >= 4 is 18.0 Å². The fourth-order valence-corrected chi connectivity index (χ4v) is 1.97. The Bertz CT molecular complexity index is 515. The van der Waals surface area contributed by atoms with E-state index in [1.54, 1.807) is 0 Å². The predicted molar refractivity (Wildman–Crippen MR) is 81.4 cm³/mol. The Morgan fingerprint density at radius 2 is 1.71 bits per heavy atom. The molecule has 0 saturated carbocycles. The van der Waals surface area contributed by atoms with Crippen molar-refractivity contribution in [1.29, 1.82) is 0 Å². The third-order valence-corrected chi connectivity index (χ3v) is 2.92. The molecular weight excluding hydrogens is 268 g/mol. The molecule has 4 heteroatoms. The average molecular weight is 290 g/mol. The molecule has 0 saturated heterocycles. The van der Waals surface area contributed by atoms with Crippen LogP contribution in [0.3, 0.4) is 0 Å². The molecule has 21 heavy (non-hydrogen) atoms. The Hall–Kier alpha value is -2.10. The van der Waals surface area contributed by atoms with Crippen molar-refractivity contribution in [2.24, 2.45) is 0 Å². The van der Waals surface area contributed by atoms with Gasteiger partial charge in [-0.15, -0.1) is 0 Å². The van der Waals surface area contributed by atoms with Crippen LogP contribution in [0.15, 0.2) is 29.8 Å². The van der Waals surface area contributed by atoms with Gasteiger partial charge in [0.1, 0.15) is 0 Å². The Balaban J connectivity index is 3.13. The number of hydrogen-bond donors (Lipinski definition) is 0. The molecule has 114 valence electrons. The van der Waals surface area contributed by atoms with E-state index in [1.807, 2.05) is 44.2 Å². The molecule has 0 unspecified atom stereocenters. The SMILES string of the molecule is CCCC(=Cc1ccccc1C)C(OC(C)=O)OC(C)=O. The largest absolute Gasteiger partial charge is 0.421 e. The van der Waals surface area contributed by atoms with Gasteiger partial charge in [-0.25, -0.2) is 0 Å². The Morgan fingerprint density at radius 1 is 1.14 bits per heavy atom. The summed E-state index contributed by atoms with van der Waals surface area (Å²) in [5.41, 5.74) is 2.90. The standard InChI is InChI=1S/C17H22O4/c1-5-8-16(11-15-10-7-6-9-12(15)2)17(20-13(3)18)21-14(4)19/h6-7,9-11,17H,5,8H2,1-4H3. The van der Waals surface area contributed by atoms with Crippen molar-refractivity contribution in [2.45, 2.75) is 46.8 Å². The summed E-state index contributed by atoms with van der Waals surface area (Å²) in [6.07, 6.45) is 2.51. The number of carbonyl (C=O) groups excluding carboxylic acids is 2. The summed E-state index contributed by atoms with van der Waals surface area (Å²) in [5.74, 6) is -0.957. The molecular formula is C17H22O4. The van der Waals surface area contributed by atoms with Crippen LogP contribution in [0.4, 0.5) is 0 Å². The van der Waals surface area contributed by atoms with Gasteiger partial charge in [0.25, 0.3) is 6.29 Å². The van der Waals surface area contributed by atoms with E-state index in [1.165, 1.54) is 13.8 Å². The fourth-order valence-electron chi connectivity index (χ4n) is 1.97. The molecule has 4 nitrogen and oxygen atoms in total. The van der Waals surface area contributed by atoms with Crippen LogP contribution >= 0.6 is 0 Å². The van der Waals surface area contributed by atoms with Gasteiger partial charge < -0.3 is 9.47 Å². The van der Waals surface area contributed by atoms with E-state index in [4.69, 9.17) is 9.47 Å². The lowest BCUT2D eigenvalue weighted by molar-refractivity contribution is -0.178. The molecule has 0 fully saturated rings. The van der Waals surface area contributed by atoms with Gasteiger partial charge >= 0.3 is 11.9 Å². The molecule has 0 aliphatic carbocycles. The van der Waals surface area contributed by atoms with Crippen molar-refractivity contribution in [3.8, 4) is 0 Å². The predicted octanol–water partition coefficient (Wildman–Crippen LogP) is 3.63. The zero-order valence-corrected chi connectivity index (χ0v) is 13.0. The van der Waals surface area contributed by atoms with Gasteiger partial charge in [-0.3, -0.25) is 9.59 Å². The smallest absolute Gasteiger partial charge is 0.305 e. The van der Waals surface area contributed by atoms with E-state index in [-0.39, 0.29) is 0 Å². The van der Waals surface area contributed by atoms with Gasteiger partial charge in [-0.1, -0.05) is 37.6 Å². The zero-order chi connectivity index (χ0) is 15.8. The highest BCUT2D eigenvalue weighted by Gasteiger charge is 2.20. The average Bonchev–Trinajstić information content (AvgIpc) is 2.39. The van der Waals surface area contributed by atoms with Crippen LogP contribution in [-0.4, -0.2) is 18.2 Å². The van der Waals surface area contributed by atoms with E-state index < -0.39 is 18.2 Å². The highest BCUT2D eigenvalue weighted by Crippen LogP contribution is 2.21. The molecule has 1 aromatic carbocycles. The summed E-state index contributed by atoms with van der Waals surface area (Å²) < 4.78 is 10.3. The molecule has 0 bridgehead atoms. The van der Waals surface area contributed by atoms with E-state index >= 15 is 0 Å². The normalized spacial score (nSPS) is 11.4. The first-order valence-electron chi connectivity index (χ1n) is 7.04. The quantitative estimate of drug-likeness (QED) is 0.593. The van der Waals surface area contributed by atoms with Crippen molar-refractivity contribution in [1.82, 2.24) is 0 Å². The third kappa shape index (κ3) is 5.81. The maximum absolute atomic E-state index is 11.2. The molecule has 1 rings (SSSR count). The minimum Gasteiger partial charge on any atom is -0.421 e. The summed E-state index contributed by atoms with van der Waals surface area (Å²) in [5, 5.41) is 0. The van der Waals surface area contributed by atoms with Gasteiger partial charge in [0.05, 0.1) is 0 Å². The Labute approximate surface area is 125 Å². The molecule has 0 aromatic heterocycles. The van der Waals surface area contributed by atoms with Gasteiger partial charge in [0.15, 0.2) is 0 Å². The number of esters is 2. The van der Waals surface area contributed by atoms with E-state index in [0.717, 1.165) is 23.1 Å². The summed E-state index contributed by atoms with van der Waals surface area (Å²) in [4.78, 5) is 22.4. The Morgan fingerprint density at radius 3 is 2.19 bits per heavy atom. The summed E-state index contributed by atoms with van der Waals surface area (Å²) in [6, 6.07) is 7.88. The molecule has 0 amide bonds. The Kier molecular flexibility index (Phi) is 6.66. The van der Waals surface area contributed by atoms with Gasteiger partial charge in [-0.05, 0) is 30.5 Å². The van der Waals surface area contributed by atoms with Gasteiger partial charge in [0.2, 0.25) is 0 Å². The second-order valence-electron chi connectivity index (χ2n) is 4.88. The molecule has 0 heterocycles. The van der Waals surface area contributed by atoms with E-state index in [0.29, 0.717) is 6.42 Å². The molecule has 1 aromatic rings. The second kappa shape index (κ2) is 8.25. The minimum absolute atomic E-state index is 0.479. The maximum Gasteiger partial charge on any atom is 0.305 e. The van der Waals surface area contributed by atoms with Crippen LogP contribution < -0.4 is 0 Å². The number of ether oxygens (including phenoxy) is 2. The van der Waals surface area contributed by atoms with Gasteiger partial charge in [-0.2, -0.15) is 0 Å². The molecule has 0 aliphatic rings. The molecule has 0 spiro atoms. The van der Waals surface area contributed by atoms with Crippen LogP contribution in [-0.2, 0) is 19.1 Å².